The maximum atomic E-state index is 9.50. The Morgan fingerprint density at radius 1 is 1.00 bits per heavy atom. The number of thioether (sulfide) groups is 1. The summed E-state index contributed by atoms with van der Waals surface area (Å²) >= 11 is 1.84. The van der Waals surface area contributed by atoms with Gasteiger partial charge in [0.2, 0.25) is 0 Å². The smallest absolute Gasteiger partial charge is 0.118 e. The number of benzene rings is 2. The van der Waals surface area contributed by atoms with Gasteiger partial charge in [0.1, 0.15) is 5.75 Å². The van der Waals surface area contributed by atoms with Crippen LogP contribution in [0.1, 0.15) is 12.5 Å². The van der Waals surface area contributed by atoms with Crippen LogP contribution in [0.15, 0.2) is 47.4 Å². The molecule has 0 aliphatic carbocycles. The molecule has 0 unspecified atom stereocenters. The zero-order chi connectivity index (χ0) is 12.3. The van der Waals surface area contributed by atoms with Gasteiger partial charge in [0, 0.05) is 4.90 Å². The molecular weight excluding hydrogens is 228 g/mol. The zero-order valence-corrected chi connectivity index (χ0v) is 10.9. The molecule has 0 spiro atoms. The predicted octanol–water partition coefficient (Wildman–Crippen LogP) is 4.48. The summed E-state index contributed by atoms with van der Waals surface area (Å²) in [4.78, 5) is 1.30. The van der Waals surface area contributed by atoms with E-state index in [1.54, 1.807) is 6.07 Å². The van der Waals surface area contributed by atoms with Gasteiger partial charge in [-0.25, -0.2) is 0 Å². The van der Waals surface area contributed by atoms with Crippen LogP contribution in [0.5, 0.6) is 5.75 Å². The largest absolute Gasteiger partial charge is 0.508 e. The quantitative estimate of drug-likeness (QED) is 0.803. The molecule has 1 nitrogen and oxygen atoms in total. The summed E-state index contributed by atoms with van der Waals surface area (Å²) in [5.41, 5.74) is 3.25. The maximum Gasteiger partial charge on any atom is 0.118 e. The molecule has 0 fully saturated rings. The van der Waals surface area contributed by atoms with Crippen molar-refractivity contribution in [2.75, 3.05) is 5.75 Å². The molecule has 2 heteroatoms. The van der Waals surface area contributed by atoms with E-state index >= 15 is 0 Å². The Morgan fingerprint density at radius 2 is 1.65 bits per heavy atom. The molecule has 0 amide bonds. The summed E-state index contributed by atoms with van der Waals surface area (Å²) in [6.07, 6.45) is 0. The normalized spacial score (nSPS) is 10.5. The molecule has 0 saturated heterocycles. The van der Waals surface area contributed by atoms with Gasteiger partial charge in [-0.05, 0) is 53.6 Å². The molecule has 17 heavy (non-hydrogen) atoms. The van der Waals surface area contributed by atoms with Gasteiger partial charge in [0.05, 0.1) is 0 Å². The van der Waals surface area contributed by atoms with Gasteiger partial charge in [-0.15, -0.1) is 11.8 Å². The number of hydrogen-bond donors (Lipinski definition) is 1. The van der Waals surface area contributed by atoms with E-state index in [9.17, 15) is 5.11 Å². The van der Waals surface area contributed by atoms with Crippen LogP contribution in [-0.4, -0.2) is 10.9 Å². The van der Waals surface area contributed by atoms with Crippen molar-refractivity contribution < 1.29 is 5.11 Å². The highest BCUT2D eigenvalue weighted by Gasteiger charge is 2.01. The molecule has 2 aromatic rings. The summed E-state index contributed by atoms with van der Waals surface area (Å²) < 4.78 is 0. The fourth-order valence-corrected chi connectivity index (χ4v) is 2.41. The van der Waals surface area contributed by atoms with Crippen molar-refractivity contribution in [1.29, 1.82) is 0 Å². The summed E-state index contributed by atoms with van der Waals surface area (Å²) in [5.74, 6) is 1.45. The Labute approximate surface area is 107 Å². The third-order valence-electron chi connectivity index (χ3n) is 2.70. The van der Waals surface area contributed by atoms with E-state index < -0.39 is 0 Å². The van der Waals surface area contributed by atoms with Crippen LogP contribution in [0.25, 0.3) is 11.1 Å². The Hall–Kier alpha value is -1.41. The van der Waals surface area contributed by atoms with Gasteiger partial charge < -0.3 is 5.11 Å². The van der Waals surface area contributed by atoms with Crippen LogP contribution >= 0.6 is 11.8 Å². The third kappa shape index (κ3) is 2.83. The number of phenolic OH excluding ortho intramolecular Hbond substituents is 1. The average molecular weight is 244 g/mol. The molecular formula is C15H16OS. The third-order valence-corrected chi connectivity index (χ3v) is 3.59. The van der Waals surface area contributed by atoms with Gasteiger partial charge in [-0.1, -0.05) is 25.1 Å². The van der Waals surface area contributed by atoms with Gasteiger partial charge in [-0.3, -0.25) is 0 Å². The van der Waals surface area contributed by atoms with E-state index in [-0.39, 0.29) is 0 Å². The molecule has 0 aliphatic rings. The standard InChI is InChI=1S/C15H16OS/c1-3-17-14-7-4-12(5-8-14)13-6-9-15(16)11(2)10-13/h4-10,16H,3H2,1-2H3. The molecule has 0 atom stereocenters. The highest BCUT2D eigenvalue weighted by Crippen LogP contribution is 2.27. The second kappa shape index (κ2) is 5.28. The lowest BCUT2D eigenvalue weighted by atomic mass is 10.0. The second-order valence-corrected chi connectivity index (χ2v) is 5.30. The first kappa shape index (κ1) is 12.1. The Balaban J connectivity index is 2.30. The van der Waals surface area contributed by atoms with Crippen molar-refractivity contribution in [3.63, 3.8) is 0 Å². The van der Waals surface area contributed by atoms with Crippen molar-refractivity contribution in [3.05, 3.63) is 48.0 Å². The number of hydrogen-bond acceptors (Lipinski definition) is 2. The fourth-order valence-electron chi connectivity index (χ4n) is 1.75. The van der Waals surface area contributed by atoms with E-state index in [1.165, 1.54) is 10.5 Å². The van der Waals surface area contributed by atoms with Crippen LogP contribution in [0.2, 0.25) is 0 Å². The van der Waals surface area contributed by atoms with Crippen LogP contribution in [0, 0.1) is 6.92 Å². The summed E-state index contributed by atoms with van der Waals surface area (Å²) in [6.45, 7) is 4.07. The van der Waals surface area contributed by atoms with Crippen LogP contribution in [-0.2, 0) is 0 Å². The fraction of sp³-hybridized carbons (Fsp3) is 0.200. The molecule has 0 bridgehead atoms. The number of aromatic hydroxyl groups is 1. The van der Waals surface area contributed by atoms with E-state index in [0.29, 0.717) is 5.75 Å². The molecule has 0 aromatic heterocycles. The summed E-state index contributed by atoms with van der Waals surface area (Å²) in [7, 11) is 0. The lowest BCUT2D eigenvalue weighted by Crippen LogP contribution is -1.81. The summed E-state index contributed by atoms with van der Waals surface area (Å²) in [6, 6.07) is 14.3. The molecule has 0 heterocycles. The lowest BCUT2D eigenvalue weighted by molar-refractivity contribution is 0.471. The minimum absolute atomic E-state index is 0.354. The van der Waals surface area contributed by atoms with Gasteiger partial charge in [0.15, 0.2) is 0 Å². The van der Waals surface area contributed by atoms with E-state index in [4.69, 9.17) is 0 Å². The Kier molecular flexibility index (Phi) is 3.75. The van der Waals surface area contributed by atoms with Crippen LogP contribution in [0.3, 0.4) is 0 Å². The Bertz CT molecular complexity index is 503. The van der Waals surface area contributed by atoms with Crippen molar-refractivity contribution in [1.82, 2.24) is 0 Å². The monoisotopic (exact) mass is 244 g/mol. The van der Waals surface area contributed by atoms with Gasteiger partial charge in [0.25, 0.3) is 0 Å². The van der Waals surface area contributed by atoms with Crippen molar-refractivity contribution in [2.45, 2.75) is 18.7 Å². The van der Waals surface area contributed by atoms with Crippen molar-refractivity contribution in [3.8, 4) is 16.9 Å². The molecule has 0 radical (unpaired) electrons. The number of rotatable bonds is 3. The Morgan fingerprint density at radius 3 is 2.24 bits per heavy atom. The minimum atomic E-state index is 0.354. The molecule has 88 valence electrons. The number of phenols is 1. The van der Waals surface area contributed by atoms with Gasteiger partial charge in [-0.2, -0.15) is 0 Å². The van der Waals surface area contributed by atoms with E-state index in [0.717, 1.165) is 16.9 Å². The topological polar surface area (TPSA) is 20.2 Å². The molecule has 1 N–H and O–H groups in total. The SMILES string of the molecule is CCSc1ccc(-c2ccc(O)c(C)c2)cc1. The molecule has 2 rings (SSSR count). The predicted molar refractivity (Wildman–Crippen MR) is 74.7 cm³/mol. The summed E-state index contributed by atoms with van der Waals surface area (Å²) in [5, 5.41) is 9.50. The second-order valence-electron chi connectivity index (χ2n) is 3.96. The first-order chi connectivity index (χ1) is 8.20. The van der Waals surface area contributed by atoms with Crippen LogP contribution in [0.4, 0.5) is 0 Å². The zero-order valence-electron chi connectivity index (χ0n) is 10.1. The molecule has 2 aromatic carbocycles. The first-order valence-corrected chi connectivity index (χ1v) is 6.72. The van der Waals surface area contributed by atoms with Gasteiger partial charge >= 0.3 is 0 Å². The van der Waals surface area contributed by atoms with Crippen molar-refractivity contribution in [2.24, 2.45) is 0 Å². The minimum Gasteiger partial charge on any atom is -0.508 e. The van der Waals surface area contributed by atoms with Crippen molar-refractivity contribution >= 4 is 11.8 Å². The highest BCUT2D eigenvalue weighted by molar-refractivity contribution is 7.99. The lowest BCUT2D eigenvalue weighted by Gasteiger charge is -2.06. The van der Waals surface area contributed by atoms with E-state index in [2.05, 4.69) is 31.2 Å². The van der Waals surface area contributed by atoms with E-state index in [1.807, 2.05) is 30.8 Å². The number of aryl methyl sites for hydroxylation is 1. The maximum absolute atomic E-state index is 9.50. The molecule has 0 saturated carbocycles. The van der Waals surface area contributed by atoms with Crippen LogP contribution < -0.4 is 0 Å². The average Bonchev–Trinajstić information content (AvgIpc) is 2.34. The highest BCUT2D eigenvalue weighted by atomic mass is 32.2. The first-order valence-electron chi connectivity index (χ1n) is 5.73. The molecule has 0 aliphatic heterocycles.